The highest BCUT2D eigenvalue weighted by molar-refractivity contribution is 7.11. The number of hydrogen-bond donors (Lipinski definition) is 2. The average molecular weight is 230 g/mol. The lowest BCUT2D eigenvalue weighted by molar-refractivity contribution is 0.366. The van der Waals surface area contributed by atoms with Crippen LogP contribution in [0.2, 0.25) is 0 Å². The Labute approximate surface area is 94.4 Å². The number of aromatic nitrogens is 1. The summed E-state index contributed by atoms with van der Waals surface area (Å²) in [6.45, 7) is 5.02. The molecule has 0 aliphatic rings. The molecule has 1 aromatic heterocycles. The van der Waals surface area contributed by atoms with Gasteiger partial charge in [0.2, 0.25) is 0 Å². The third-order valence-electron chi connectivity index (χ3n) is 2.20. The van der Waals surface area contributed by atoms with Crippen LogP contribution in [-0.2, 0) is 0 Å². The van der Waals surface area contributed by atoms with Gasteiger partial charge in [0, 0.05) is 13.1 Å². The van der Waals surface area contributed by atoms with E-state index < -0.39 is 0 Å². The number of nitrogens with two attached hydrogens (primary N) is 1. The zero-order valence-corrected chi connectivity index (χ0v) is 10.2. The van der Waals surface area contributed by atoms with E-state index in [1.54, 1.807) is 7.11 Å². The van der Waals surface area contributed by atoms with Crippen LogP contribution in [0.4, 0.5) is 10.8 Å². The summed E-state index contributed by atoms with van der Waals surface area (Å²) in [5.74, 6) is 1.10. The van der Waals surface area contributed by atoms with E-state index in [0.717, 1.165) is 24.6 Å². The van der Waals surface area contributed by atoms with E-state index >= 15 is 0 Å². The Balaban J connectivity index is 2.43. The molecule has 1 aromatic rings. The Hall–Kier alpha value is -1.01. The number of hydrogen-bond acceptors (Lipinski definition) is 6. The standard InChI is InChI=1S/C9H18N4OS/c1-4-13(2)6-5-11-9-7(14-3)8(10)12-15-9/h11H,4-6H2,1-3H3,(H2,10,12). The summed E-state index contributed by atoms with van der Waals surface area (Å²) in [7, 11) is 3.68. The molecule has 0 bridgehead atoms. The SMILES string of the molecule is CCN(C)CCNc1snc(N)c1OC. The van der Waals surface area contributed by atoms with Gasteiger partial charge in [-0.05, 0) is 25.1 Å². The lowest BCUT2D eigenvalue weighted by Crippen LogP contribution is -2.24. The molecule has 86 valence electrons. The van der Waals surface area contributed by atoms with Crippen LogP contribution < -0.4 is 15.8 Å². The van der Waals surface area contributed by atoms with E-state index in [4.69, 9.17) is 10.5 Å². The molecule has 0 saturated carbocycles. The minimum atomic E-state index is 0.453. The first-order valence-electron chi connectivity index (χ1n) is 4.90. The number of nitrogen functional groups attached to an aromatic ring is 1. The molecule has 0 aliphatic carbocycles. The van der Waals surface area contributed by atoms with Gasteiger partial charge in [0.15, 0.2) is 16.6 Å². The average Bonchev–Trinajstić information content (AvgIpc) is 2.59. The minimum Gasteiger partial charge on any atom is -0.490 e. The highest BCUT2D eigenvalue weighted by Gasteiger charge is 2.10. The van der Waals surface area contributed by atoms with E-state index in [1.165, 1.54) is 11.5 Å². The quantitative estimate of drug-likeness (QED) is 0.766. The first-order chi connectivity index (χ1) is 7.19. The van der Waals surface area contributed by atoms with Crippen LogP contribution in [0.5, 0.6) is 5.75 Å². The van der Waals surface area contributed by atoms with Crippen LogP contribution in [0.1, 0.15) is 6.92 Å². The van der Waals surface area contributed by atoms with E-state index in [0.29, 0.717) is 11.6 Å². The summed E-state index contributed by atoms with van der Waals surface area (Å²) in [6, 6.07) is 0. The monoisotopic (exact) mass is 230 g/mol. The molecule has 0 saturated heterocycles. The maximum atomic E-state index is 5.63. The number of anilines is 2. The van der Waals surface area contributed by atoms with Gasteiger partial charge in [-0.2, -0.15) is 4.37 Å². The number of methoxy groups -OCH3 is 1. The predicted molar refractivity (Wildman–Crippen MR) is 64.7 cm³/mol. The summed E-state index contributed by atoms with van der Waals surface area (Å²) >= 11 is 1.33. The highest BCUT2D eigenvalue weighted by Crippen LogP contribution is 2.34. The molecule has 3 N–H and O–H groups in total. The molecular weight excluding hydrogens is 212 g/mol. The summed E-state index contributed by atoms with van der Waals surface area (Å²) < 4.78 is 9.17. The smallest absolute Gasteiger partial charge is 0.197 e. The Morgan fingerprint density at radius 2 is 2.33 bits per heavy atom. The predicted octanol–water partition coefficient (Wildman–Crippen LogP) is 1.10. The lowest BCUT2D eigenvalue weighted by Gasteiger charge is -2.14. The molecule has 1 heterocycles. The fourth-order valence-corrected chi connectivity index (χ4v) is 1.83. The van der Waals surface area contributed by atoms with Crippen LogP contribution in [-0.4, -0.2) is 43.1 Å². The van der Waals surface area contributed by atoms with Gasteiger partial charge < -0.3 is 20.7 Å². The van der Waals surface area contributed by atoms with Crippen molar-refractivity contribution in [3.05, 3.63) is 0 Å². The van der Waals surface area contributed by atoms with Gasteiger partial charge in [0.1, 0.15) is 0 Å². The second-order valence-corrected chi connectivity index (χ2v) is 4.03. The molecule has 0 aliphatic heterocycles. The molecule has 0 radical (unpaired) electrons. The van der Waals surface area contributed by atoms with E-state index in [1.807, 2.05) is 0 Å². The minimum absolute atomic E-state index is 0.453. The zero-order valence-electron chi connectivity index (χ0n) is 9.41. The zero-order chi connectivity index (χ0) is 11.3. The molecule has 1 rings (SSSR count). The normalized spacial score (nSPS) is 10.7. The molecule has 0 aromatic carbocycles. The third kappa shape index (κ3) is 3.24. The Kier molecular flexibility index (Phi) is 4.64. The van der Waals surface area contributed by atoms with Crippen molar-refractivity contribution in [2.24, 2.45) is 0 Å². The van der Waals surface area contributed by atoms with E-state index in [-0.39, 0.29) is 0 Å². The van der Waals surface area contributed by atoms with Crippen molar-refractivity contribution in [2.45, 2.75) is 6.92 Å². The molecule has 5 nitrogen and oxygen atoms in total. The van der Waals surface area contributed by atoms with Gasteiger partial charge >= 0.3 is 0 Å². The molecule has 0 atom stereocenters. The summed E-state index contributed by atoms with van der Waals surface area (Å²) in [5.41, 5.74) is 5.63. The topological polar surface area (TPSA) is 63.4 Å². The van der Waals surface area contributed by atoms with Gasteiger partial charge in [-0.25, -0.2) is 0 Å². The Bertz CT molecular complexity index is 302. The van der Waals surface area contributed by atoms with Crippen LogP contribution >= 0.6 is 11.5 Å². The van der Waals surface area contributed by atoms with Gasteiger partial charge in [-0.15, -0.1) is 0 Å². The number of likely N-dealkylation sites (N-methyl/N-ethyl adjacent to an activating group) is 1. The molecule has 15 heavy (non-hydrogen) atoms. The summed E-state index contributed by atoms with van der Waals surface area (Å²) in [5, 5.41) is 4.16. The molecule has 0 spiro atoms. The van der Waals surface area contributed by atoms with Crippen molar-refractivity contribution in [1.82, 2.24) is 9.27 Å². The number of nitrogens with one attached hydrogen (secondary N) is 1. The molecule has 0 unspecified atom stereocenters. The number of nitrogens with zero attached hydrogens (tertiary/aromatic N) is 2. The molecule has 6 heteroatoms. The summed E-state index contributed by atoms with van der Waals surface area (Å²) in [4.78, 5) is 2.23. The second kappa shape index (κ2) is 5.77. The highest BCUT2D eigenvalue weighted by atomic mass is 32.1. The number of ether oxygens (including phenoxy) is 1. The van der Waals surface area contributed by atoms with Crippen molar-refractivity contribution in [3.8, 4) is 5.75 Å². The maximum absolute atomic E-state index is 5.63. The third-order valence-corrected chi connectivity index (χ3v) is 3.00. The van der Waals surface area contributed by atoms with E-state index in [9.17, 15) is 0 Å². The Morgan fingerprint density at radius 1 is 1.60 bits per heavy atom. The van der Waals surface area contributed by atoms with Crippen molar-refractivity contribution in [3.63, 3.8) is 0 Å². The van der Waals surface area contributed by atoms with Gasteiger partial charge in [0.05, 0.1) is 7.11 Å². The van der Waals surface area contributed by atoms with Crippen molar-refractivity contribution >= 4 is 22.4 Å². The van der Waals surface area contributed by atoms with Crippen LogP contribution in [0, 0.1) is 0 Å². The van der Waals surface area contributed by atoms with E-state index in [2.05, 4.69) is 28.6 Å². The van der Waals surface area contributed by atoms with Crippen LogP contribution in [0.3, 0.4) is 0 Å². The first kappa shape index (κ1) is 12.1. The van der Waals surface area contributed by atoms with Crippen LogP contribution in [0.25, 0.3) is 0 Å². The largest absolute Gasteiger partial charge is 0.490 e. The lowest BCUT2D eigenvalue weighted by atomic mass is 10.5. The van der Waals surface area contributed by atoms with Crippen molar-refractivity contribution in [2.75, 3.05) is 44.8 Å². The maximum Gasteiger partial charge on any atom is 0.197 e. The van der Waals surface area contributed by atoms with Crippen LogP contribution in [0.15, 0.2) is 0 Å². The Morgan fingerprint density at radius 3 is 2.93 bits per heavy atom. The molecular formula is C9H18N4OS. The molecule has 0 fully saturated rings. The number of rotatable bonds is 6. The first-order valence-corrected chi connectivity index (χ1v) is 5.68. The van der Waals surface area contributed by atoms with Gasteiger partial charge in [-0.1, -0.05) is 6.92 Å². The van der Waals surface area contributed by atoms with Gasteiger partial charge in [0.25, 0.3) is 0 Å². The molecule has 0 amide bonds. The second-order valence-electron chi connectivity index (χ2n) is 3.25. The van der Waals surface area contributed by atoms with Crippen molar-refractivity contribution < 1.29 is 4.74 Å². The van der Waals surface area contributed by atoms with Crippen molar-refractivity contribution in [1.29, 1.82) is 0 Å². The summed E-state index contributed by atoms with van der Waals surface area (Å²) in [6.07, 6.45) is 0. The fraction of sp³-hybridized carbons (Fsp3) is 0.667. The fourth-order valence-electron chi connectivity index (χ4n) is 1.12. The van der Waals surface area contributed by atoms with Gasteiger partial charge in [-0.3, -0.25) is 0 Å².